The molecule has 4 aromatic heterocycles. The summed E-state index contributed by atoms with van der Waals surface area (Å²) in [5, 5.41) is 11.4. The van der Waals surface area contributed by atoms with Gasteiger partial charge in [-0.3, -0.25) is 14.8 Å². The molecule has 0 spiro atoms. The van der Waals surface area contributed by atoms with E-state index in [2.05, 4.69) is 55.7 Å². The molecule has 1 aromatic carbocycles. The molecule has 354 valence electrons. The van der Waals surface area contributed by atoms with Gasteiger partial charge >= 0.3 is 18.3 Å². The van der Waals surface area contributed by atoms with Crippen LogP contribution in [0.5, 0.6) is 11.8 Å². The number of hydrogen-bond donors (Lipinski definition) is 5. The Kier molecular flexibility index (Phi) is 18.9. The third-order valence-electron chi connectivity index (χ3n) is 7.31. The standard InChI is InChI=1S/C15H18N6O6S.C11H10Cl2F2N4O3S.C8H14ClN5/c1-21(2)13(22)9-6-5-7-16-12(9)28(24,25)20-15(23)19-14-17-10(26-3)8-11(18-14)27-4;1-5-16-19(11(20)18(5)10(14)15)9-4-8(17-23(2,21)22)6(12)3-7(9)13;1-4-10-7-12-6(9)13-8(14-7)11-5(2)3/h5-8H,1-4H3,(H2,17,18,19,20,23);3-4,10,17H,1-2H3;5H,4H2,1-3H3,(H2,10,11,12,13,14). The van der Waals surface area contributed by atoms with E-state index < -0.39 is 49.2 Å². The zero-order chi connectivity index (χ0) is 49.0. The summed E-state index contributed by atoms with van der Waals surface area (Å²) in [5.74, 6) is 0.103. The van der Waals surface area contributed by atoms with Crippen molar-refractivity contribution in [3.8, 4) is 17.4 Å². The van der Waals surface area contributed by atoms with Gasteiger partial charge in [0.15, 0.2) is 5.03 Å². The van der Waals surface area contributed by atoms with Crippen LogP contribution in [0, 0.1) is 6.92 Å². The number of sulfonamides is 2. The number of anilines is 4. The Morgan fingerprint density at radius 3 is 2.05 bits per heavy atom. The molecule has 31 heteroatoms. The number of aromatic nitrogens is 9. The van der Waals surface area contributed by atoms with E-state index in [1.54, 1.807) is 4.72 Å². The first-order valence-electron chi connectivity index (χ1n) is 18.1. The number of halogens is 5. The summed E-state index contributed by atoms with van der Waals surface area (Å²) >= 11 is 17.6. The molecule has 0 fully saturated rings. The van der Waals surface area contributed by atoms with Crippen molar-refractivity contribution in [2.45, 2.75) is 45.3 Å². The van der Waals surface area contributed by atoms with Crippen LogP contribution in [0.1, 0.15) is 43.5 Å². The Labute approximate surface area is 385 Å². The maximum atomic E-state index is 12.8. The molecule has 5 N–H and O–H groups in total. The highest BCUT2D eigenvalue weighted by Gasteiger charge is 2.27. The minimum Gasteiger partial charge on any atom is -0.481 e. The number of rotatable bonds is 14. The number of aryl methyl sites for hydroxylation is 1. The fourth-order valence-corrected chi connectivity index (χ4v) is 7.05. The molecule has 0 aliphatic heterocycles. The number of nitrogens with one attached hydrogen (secondary N) is 5. The second-order valence-electron chi connectivity index (χ2n) is 13.0. The van der Waals surface area contributed by atoms with Crippen LogP contribution in [0.25, 0.3) is 5.69 Å². The molecule has 0 bridgehead atoms. The molecule has 0 aliphatic carbocycles. The van der Waals surface area contributed by atoms with Crippen molar-refractivity contribution in [3.63, 3.8) is 0 Å². The third-order valence-corrected chi connectivity index (χ3v) is 9.97. The number of benzene rings is 1. The van der Waals surface area contributed by atoms with Gasteiger partial charge in [-0.25, -0.2) is 32.3 Å². The van der Waals surface area contributed by atoms with E-state index in [1.807, 2.05) is 20.8 Å². The Morgan fingerprint density at radius 2 is 1.52 bits per heavy atom. The number of carbonyl (C=O) groups is 2. The second kappa shape index (κ2) is 23.1. The van der Waals surface area contributed by atoms with Crippen molar-refractivity contribution in [2.24, 2.45) is 0 Å². The Morgan fingerprint density at radius 1 is 0.908 bits per heavy atom. The van der Waals surface area contributed by atoms with Gasteiger partial charge in [0.2, 0.25) is 44.9 Å². The predicted octanol–water partition coefficient (Wildman–Crippen LogP) is 4.29. The number of nitrogens with zero attached hydrogens (tertiary/aromatic N) is 10. The van der Waals surface area contributed by atoms with Gasteiger partial charge in [-0.05, 0) is 63.6 Å². The molecule has 0 radical (unpaired) electrons. The van der Waals surface area contributed by atoms with Crippen LogP contribution in [0.3, 0.4) is 0 Å². The molecule has 0 saturated carbocycles. The topological polar surface area (TPSA) is 301 Å². The Hall–Kier alpha value is -6.23. The fraction of sp³-hybridized carbons (Fsp3) is 0.353. The zero-order valence-electron chi connectivity index (χ0n) is 35.7. The van der Waals surface area contributed by atoms with Crippen LogP contribution in [0.15, 0.2) is 46.3 Å². The van der Waals surface area contributed by atoms with E-state index in [-0.39, 0.29) is 66.4 Å². The van der Waals surface area contributed by atoms with Crippen molar-refractivity contribution in [1.82, 2.24) is 53.9 Å². The third kappa shape index (κ3) is 15.5. The van der Waals surface area contributed by atoms with E-state index >= 15 is 0 Å². The molecule has 0 atom stereocenters. The predicted molar refractivity (Wildman–Crippen MR) is 237 cm³/mol. The summed E-state index contributed by atoms with van der Waals surface area (Å²) in [6, 6.07) is 5.48. The number of alkyl halides is 2. The van der Waals surface area contributed by atoms with E-state index in [1.165, 1.54) is 70.6 Å². The largest absolute Gasteiger partial charge is 0.481 e. The van der Waals surface area contributed by atoms with Gasteiger partial charge in [-0.2, -0.15) is 46.8 Å². The van der Waals surface area contributed by atoms with Crippen molar-refractivity contribution < 1.29 is 44.7 Å². The molecule has 3 amide bonds. The van der Waals surface area contributed by atoms with Crippen molar-refractivity contribution in [3.05, 3.63) is 73.7 Å². The van der Waals surface area contributed by atoms with Gasteiger partial charge in [0.05, 0.1) is 53.5 Å². The summed E-state index contributed by atoms with van der Waals surface area (Å²) in [5.41, 5.74) is -1.46. The summed E-state index contributed by atoms with van der Waals surface area (Å²) < 4.78 is 88.0. The maximum Gasteiger partial charge on any atom is 0.355 e. The van der Waals surface area contributed by atoms with Crippen molar-refractivity contribution >= 4 is 90.3 Å². The highest BCUT2D eigenvalue weighted by Crippen LogP contribution is 2.31. The van der Waals surface area contributed by atoms with Crippen molar-refractivity contribution in [2.75, 3.05) is 61.8 Å². The first kappa shape index (κ1) is 53.1. The summed E-state index contributed by atoms with van der Waals surface area (Å²) in [7, 11) is -2.50. The van der Waals surface area contributed by atoms with E-state index in [0.29, 0.717) is 16.6 Å². The zero-order valence-corrected chi connectivity index (χ0v) is 39.6. The molecule has 65 heavy (non-hydrogen) atoms. The van der Waals surface area contributed by atoms with E-state index in [0.717, 1.165) is 18.9 Å². The van der Waals surface area contributed by atoms with Gasteiger partial charge in [-0.15, -0.1) is 5.10 Å². The van der Waals surface area contributed by atoms with Crippen LogP contribution >= 0.6 is 34.8 Å². The van der Waals surface area contributed by atoms with Gasteiger partial charge in [0.1, 0.15) is 5.82 Å². The van der Waals surface area contributed by atoms with Gasteiger partial charge in [0.25, 0.3) is 15.9 Å². The number of amides is 3. The monoisotopic (exact) mass is 1010 g/mol. The lowest BCUT2D eigenvalue weighted by Crippen LogP contribution is -2.36. The molecule has 0 unspecified atom stereocenters. The lowest BCUT2D eigenvalue weighted by atomic mass is 10.2. The number of pyridine rings is 1. The second-order valence-corrected chi connectivity index (χ2v) is 17.5. The highest BCUT2D eigenvalue weighted by molar-refractivity contribution is 7.92. The molecular formula is C34H42Cl3F2N15O9S2. The van der Waals surface area contributed by atoms with Crippen LogP contribution in [0.4, 0.5) is 37.1 Å². The highest BCUT2D eigenvalue weighted by atomic mass is 35.5. The summed E-state index contributed by atoms with van der Waals surface area (Å²) in [6.45, 7) is 4.88. The average molecular weight is 1010 g/mol. The smallest absolute Gasteiger partial charge is 0.355 e. The summed E-state index contributed by atoms with van der Waals surface area (Å²) in [6.07, 6.45) is 2.09. The van der Waals surface area contributed by atoms with E-state index in [9.17, 15) is 40.0 Å². The fourth-order valence-electron chi connectivity index (χ4n) is 4.72. The molecule has 5 aromatic rings. The van der Waals surface area contributed by atoms with Crippen LogP contribution in [-0.2, 0) is 20.0 Å². The molecule has 0 aliphatic rings. The SMILES string of the molecule is CCNc1nc(Cl)nc(NC(C)C)n1.COc1cc(OC)nc(NC(=O)NS(=O)(=O)c2ncccc2C(=O)N(C)C)n1.Cc1nn(-c2cc(NS(C)(=O)=O)c(Cl)cc2Cl)c(=O)n1C(F)F. The Bertz CT molecular complexity index is 2760. The number of methoxy groups -OCH3 is 2. The molecule has 4 heterocycles. The minimum absolute atomic E-state index is 0.0257. The number of ether oxygens (including phenoxy) is 2. The van der Waals surface area contributed by atoms with E-state index in [4.69, 9.17) is 44.3 Å². The molecule has 5 rings (SSSR count). The molecule has 24 nitrogen and oxygen atoms in total. The van der Waals surface area contributed by atoms with Gasteiger partial charge < -0.3 is 25.0 Å². The van der Waals surface area contributed by atoms with Crippen LogP contribution in [0.2, 0.25) is 15.3 Å². The molecule has 0 saturated heterocycles. The van der Waals surface area contributed by atoms with Gasteiger partial charge in [-0.1, -0.05) is 23.2 Å². The normalized spacial score (nSPS) is 11.1. The number of hydrogen-bond acceptors (Lipinski definition) is 18. The number of carbonyl (C=O) groups excluding carboxylic acids is 2. The quantitative estimate of drug-likeness (QED) is 0.104. The number of urea groups is 1. The van der Waals surface area contributed by atoms with Gasteiger partial charge in [0, 0.05) is 32.9 Å². The van der Waals surface area contributed by atoms with Crippen LogP contribution < -0.4 is 40.6 Å². The minimum atomic E-state index is -4.46. The first-order chi connectivity index (χ1) is 30.3. The lowest BCUT2D eigenvalue weighted by molar-refractivity contribution is 0.0640. The lowest BCUT2D eigenvalue weighted by Gasteiger charge is -2.14. The Balaban J connectivity index is 0.000000273. The average Bonchev–Trinajstić information content (AvgIpc) is 3.50. The first-order valence-corrected chi connectivity index (χ1v) is 22.6. The summed E-state index contributed by atoms with van der Waals surface area (Å²) in [4.78, 5) is 60.9. The van der Waals surface area contributed by atoms with Crippen LogP contribution in [-0.4, -0.2) is 125 Å². The molecular weight excluding hydrogens is 971 g/mol. The maximum absolute atomic E-state index is 12.8. The van der Waals surface area contributed by atoms with Crippen molar-refractivity contribution in [1.29, 1.82) is 0 Å².